The second-order valence-corrected chi connectivity index (χ2v) is 52.1. The standard InChI is InChI=1S/C29H29F3NO3P.C29H30F2NO3P.C28H28F3N2O3P.C28H29F2N2O3P/c1-18-10-11-19(24(30)13-18)14-22(34)15-20-7-6-12-33(29(20)35)28-25(31)16-21(17-26(28)32)23-8-4-5-9-27(23)37(2,3)36;1-19-10-12-20(13-11-19)17-22(33)18-21-7-6-16-32(29(21)34)25-15-14-24(27(30)28(25)31)23-8-4-5-9-26(23)36(2,3)35;1-17-13-22(29)23(32-16-17)15-19(34)14-18-7-6-12-33(28(18)35)24-11-10-21(26(30)27(24)31)20-8-4-5-9-25(20)37(2,3)36;1-18-10-11-20(31-17-18)16-21(33)15-19-7-6-14-32(28(19)34)24-13-12-23(26(29)27(24)30)22-8-4-5-9-25(22)36(2,3)35/h4-5,8-11,13,16-17,20H,6-7,12,14-15H2,1-3H3;4-5,8-15,21H,6-7,16-18H2,1-3H3;4-5,8-11,13,16,18H,6-7,12,14-15H2,1-3H3;4-5,8-13,17,19H,6-7,14-16H2,1-3H3/t20-;21-;18-;19-/m0000/s1. The van der Waals surface area contributed by atoms with Gasteiger partial charge in [-0.1, -0.05) is 145 Å². The first-order valence-electron chi connectivity index (χ1n) is 48.2. The minimum Gasteiger partial charge on any atom is -0.319 e. The maximum atomic E-state index is 15.3. The number of piperidine rings is 4. The Morgan fingerprint density at radius 2 is 0.637 bits per heavy atom. The van der Waals surface area contributed by atoms with E-state index in [1.807, 2.05) is 44.2 Å². The zero-order valence-electron chi connectivity index (χ0n) is 83.4. The van der Waals surface area contributed by atoms with E-state index in [1.54, 1.807) is 189 Å². The maximum absolute atomic E-state index is 15.3. The molecule has 4 saturated heterocycles. The monoisotopic (exact) mass is 2070 g/mol. The van der Waals surface area contributed by atoms with Gasteiger partial charge in [-0.2, -0.15) is 0 Å². The first-order chi connectivity index (χ1) is 69.0. The van der Waals surface area contributed by atoms with Crippen molar-refractivity contribution in [3.05, 3.63) is 322 Å². The molecule has 6 heterocycles. The summed E-state index contributed by atoms with van der Waals surface area (Å²) >= 11 is 0. The number of rotatable bonds is 28. The van der Waals surface area contributed by atoms with E-state index in [-0.39, 0.29) is 163 Å². The summed E-state index contributed by atoms with van der Waals surface area (Å²) in [5.74, 6) is -14.8. The smallest absolute Gasteiger partial charge is 0.230 e. The van der Waals surface area contributed by atoms with E-state index < -0.39 is 128 Å². The molecule has 0 spiro atoms. The Hall–Kier alpha value is -12.7. The average molecular weight is 2080 g/mol. The van der Waals surface area contributed by atoms with Crippen molar-refractivity contribution in [3.8, 4) is 44.5 Å². The number of aryl methyl sites for hydroxylation is 4. The fraction of sp³-hybridized carbons (Fsp3) is 0.316. The topological polar surface area (TPSA) is 244 Å². The molecule has 0 saturated carbocycles. The summed E-state index contributed by atoms with van der Waals surface area (Å²) < 4.78 is 202. The van der Waals surface area contributed by atoms with Gasteiger partial charge in [0.2, 0.25) is 23.6 Å². The molecule has 4 amide bonds. The van der Waals surface area contributed by atoms with Crippen molar-refractivity contribution in [3.63, 3.8) is 0 Å². The van der Waals surface area contributed by atoms with Crippen molar-refractivity contribution in [2.45, 2.75) is 130 Å². The van der Waals surface area contributed by atoms with E-state index in [1.165, 1.54) is 69.4 Å². The highest BCUT2D eigenvalue weighted by Crippen LogP contribution is 2.47. The lowest BCUT2D eigenvalue weighted by atomic mass is 9.89. The Labute approximate surface area is 844 Å². The van der Waals surface area contributed by atoms with E-state index in [2.05, 4.69) is 9.97 Å². The number of aromatic nitrogens is 2. The van der Waals surface area contributed by atoms with Crippen molar-refractivity contribution in [1.29, 1.82) is 0 Å². The van der Waals surface area contributed by atoms with Gasteiger partial charge in [-0.05, 0) is 255 Å². The summed E-state index contributed by atoms with van der Waals surface area (Å²) in [5, 5.41) is 1.89. The molecular formula is C114H116F10N6O12P4. The molecule has 2 aromatic heterocycles. The third-order valence-corrected chi connectivity index (χ3v) is 32.6. The number of carbonyl (C=O) groups excluding carboxylic acids is 8. The van der Waals surface area contributed by atoms with Crippen LogP contribution >= 0.6 is 28.6 Å². The zero-order valence-corrected chi connectivity index (χ0v) is 87.0. The van der Waals surface area contributed by atoms with Gasteiger partial charge < -0.3 is 37.9 Å². The fourth-order valence-electron chi connectivity index (χ4n) is 19.1. The molecule has 0 bridgehead atoms. The zero-order chi connectivity index (χ0) is 106. The molecule has 10 aromatic carbocycles. The molecule has 16 rings (SSSR count). The molecular weight excluding hydrogens is 1960 g/mol. The Morgan fingerprint density at radius 1 is 0.308 bits per heavy atom. The third-order valence-electron chi connectivity index (χ3n) is 26.4. The lowest BCUT2D eigenvalue weighted by molar-refractivity contribution is -0.128. The maximum Gasteiger partial charge on any atom is 0.230 e. The van der Waals surface area contributed by atoms with E-state index in [9.17, 15) is 65.4 Å². The molecule has 4 aliphatic heterocycles. The summed E-state index contributed by atoms with van der Waals surface area (Å²) in [5.41, 5.74) is 6.07. The second-order valence-electron chi connectivity index (χ2n) is 39.4. The fourth-order valence-corrected chi connectivity index (χ4v) is 23.9. The number of carbonyl (C=O) groups is 8. The van der Waals surface area contributed by atoms with Crippen LogP contribution in [0.1, 0.15) is 122 Å². The van der Waals surface area contributed by atoms with Crippen LogP contribution in [-0.4, -0.2) is 136 Å². The molecule has 0 N–H and O–H groups in total. The quantitative estimate of drug-likeness (QED) is 0.0327. The molecule has 12 aromatic rings. The Bertz CT molecular complexity index is 6990. The minimum atomic E-state index is -2.77. The van der Waals surface area contributed by atoms with Gasteiger partial charge >= 0.3 is 0 Å². The number of halogens is 10. The highest BCUT2D eigenvalue weighted by atomic mass is 31.2. The first-order valence-corrected chi connectivity index (χ1v) is 58.6. The summed E-state index contributed by atoms with van der Waals surface area (Å²) in [6.07, 6.45) is 6.99. The van der Waals surface area contributed by atoms with Crippen LogP contribution < -0.4 is 40.8 Å². The van der Waals surface area contributed by atoms with Crippen LogP contribution in [0, 0.1) is 110 Å². The van der Waals surface area contributed by atoms with Gasteiger partial charge in [0.15, 0.2) is 46.5 Å². The predicted octanol–water partition coefficient (Wildman–Crippen LogP) is 23.6. The number of ketones is 4. The molecule has 0 aliphatic carbocycles. The van der Waals surface area contributed by atoms with Crippen LogP contribution in [0.2, 0.25) is 0 Å². The van der Waals surface area contributed by atoms with E-state index >= 15 is 35.1 Å². The largest absolute Gasteiger partial charge is 0.319 e. The highest BCUT2D eigenvalue weighted by molar-refractivity contribution is 7.71. The summed E-state index contributed by atoms with van der Waals surface area (Å²) in [6, 6.07) is 54.6. The van der Waals surface area contributed by atoms with Crippen LogP contribution in [0.4, 0.5) is 66.7 Å². The average Bonchev–Trinajstić information content (AvgIpc) is 0.777. The highest BCUT2D eigenvalue weighted by Gasteiger charge is 2.41. The third kappa shape index (κ3) is 26.8. The van der Waals surface area contributed by atoms with Crippen molar-refractivity contribution < 1.29 is 101 Å². The SMILES string of the molecule is Cc1ccc(CC(=O)C[C@@H]2CCCN(c3c(F)cc(-c4ccccc4P(C)(C)=O)cc3F)C2=O)c(F)c1.Cc1ccc(CC(=O)C[C@@H]2CCCN(c3ccc(-c4ccccc4P(C)(C)=O)c(F)c3F)C2=O)cc1.Cc1ccc(CC(=O)C[C@@H]2CCCN(c3ccc(-c4ccccc4P(C)(C)=O)c(F)c3F)C2=O)nc1.Cc1cnc(CC(=O)C[C@@H]2CCCN(c3ccc(-c4ccccc4P(C)(C)=O)c(F)c3F)C2=O)c(F)c1. The summed E-state index contributed by atoms with van der Waals surface area (Å²) in [7, 11) is -11.0. The molecule has 4 atom stereocenters. The Kier molecular flexibility index (Phi) is 35.9. The van der Waals surface area contributed by atoms with Gasteiger partial charge in [0.25, 0.3) is 0 Å². The Balaban J connectivity index is 0.000000163. The van der Waals surface area contributed by atoms with Crippen molar-refractivity contribution >= 4 is 119 Å². The number of nitrogens with zero attached hydrogens (tertiary/aromatic N) is 6. The molecule has 764 valence electrons. The van der Waals surface area contributed by atoms with Crippen LogP contribution in [-0.2, 0) is 82.3 Å². The van der Waals surface area contributed by atoms with E-state index in [0.29, 0.717) is 106 Å². The lowest BCUT2D eigenvalue weighted by Gasteiger charge is -2.32. The predicted molar refractivity (Wildman–Crippen MR) is 557 cm³/mol. The Morgan fingerprint density at radius 3 is 1.01 bits per heavy atom. The molecule has 4 aliphatic rings. The van der Waals surface area contributed by atoms with Gasteiger partial charge in [-0.3, -0.25) is 48.3 Å². The van der Waals surface area contributed by atoms with E-state index in [0.717, 1.165) is 39.3 Å². The first kappa shape index (κ1) is 110. The molecule has 32 heteroatoms. The molecule has 0 unspecified atom stereocenters. The van der Waals surface area contributed by atoms with Gasteiger partial charge in [0.05, 0.1) is 29.2 Å². The number of pyridine rings is 2. The van der Waals surface area contributed by atoms with Crippen molar-refractivity contribution in [2.24, 2.45) is 23.7 Å². The van der Waals surface area contributed by atoms with Crippen molar-refractivity contribution in [2.75, 3.05) is 99.1 Å². The second kappa shape index (κ2) is 47.4. The van der Waals surface area contributed by atoms with Gasteiger partial charge in [-0.25, -0.2) is 43.9 Å². The van der Waals surface area contributed by atoms with Crippen LogP contribution in [0.5, 0.6) is 0 Å². The summed E-state index contributed by atoms with van der Waals surface area (Å²) in [6.45, 7) is 20.8. The number of Topliss-reactive ketones (excluding diaryl/α,β-unsaturated/α-hetero) is 4. The van der Waals surface area contributed by atoms with Crippen LogP contribution in [0.25, 0.3) is 44.5 Å². The van der Waals surface area contributed by atoms with E-state index in [4.69, 9.17) is 0 Å². The molecule has 4 fully saturated rings. The number of hydrogen-bond acceptors (Lipinski definition) is 14. The molecule has 0 radical (unpaired) electrons. The van der Waals surface area contributed by atoms with Crippen LogP contribution in [0.15, 0.2) is 219 Å². The van der Waals surface area contributed by atoms with Crippen LogP contribution in [0.3, 0.4) is 0 Å². The molecule has 18 nitrogen and oxygen atoms in total. The van der Waals surface area contributed by atoms with Gasteiger partial charge in [0.1, 0.15) is 69.0 Å². The number of hydrogen-bond donors (Lipinski definition) is 0. The van der Waals surface area contributed by atoms with Crippen molar-refractivity contribution in [1.82, 2.24) is 9.97 Å². The number of anilines is 4. The van der Waals surface area contributed by atoms with Gasteiger partial charge in [0, 0.05) is 151 Å². The van der Waals surface area contributed by atoms with Gasteiger partial charge in [-0.15, -0.1) is 0 Å². The molecule has 146 heavy (non-hydrogen) atoms. The normalized spacial score (nSPS) is 16.3. The number of benzene rings is 10. The summed E-state index contributed by atoms with van der Waals surface area (Å²) in [4.78, 5) is 116. The lowest BCUT2D eigenvalue weighted by Crippen LogP contribution is -2.43. The minimum absolute atomic E-state index is 0.00226. The number of amides is 4.